The van der Waals surface area contributed by atoms with Crippen molar-refractivity contribution in [1.29, 1.82) is 0 Å². The highest BCUT2D eigenvalue weighted by Crippen LogP contribution is 2.31. The number of hydrogen-bond donors (Lipinski definition) is 1. The van der Waals surface area contributed by atoms with Crippen LogP contribution >= 0.6 is 15.9 Å². The van der Waals surface area contributed by atoms with Crippen molar-refractivity contribution < 1.29 is 4.74 Å². The molecule has 0 saturated carbocycles. The molecule has 0 amide bonds. The number of nitrogens with two attached hydrogens (primary N) is 1. The molecule has 0 spiro atoms. The molecule has 2 rings (SSSR count). The van der Waals surface area contributed by atoms with Crippen LogP contribution in [0.3, 0.4) is 0 Å². The molecule has 0 radical (unpaired) electrons. The molecule has 0 saturated heterocycles. The van der Waals surface area contributed by atoms with Crippen molar-refractivity contribution in [3.8, 4) is 11.5 Å². The number of ether oxygens (including phenoxy) is 1. The van der Waals surface area contributed by atoms with Crippen LogP contribution in [0.15, 0.2) is 34.8 Å². The van der Waals surface area contributed by atoms with E-state index in [1.54, 1.807) is 0 Å². The van der Waals surface area contributed by atoms with Gasteiger partial charge < -0.3 is 10.5 Å². The predicted octanol–water partition coefficient (Wildman–Crippen LogP) is 4.63. The first-order chi connectivity index (χ1) is 9.01. The van der Waals surface area contributed by atoms with E-state index in [1.807, 2.05) is 37.3 Å². The van der Waals surface area contributed by atoms with Gasteiger partial charge in [-0.3, -0.25) is 0 Å². The molecule has 0 aliphatic heterocycles. The fraction of sp³-hybridized carbons (Fsp3) is 0.250. The standard InChI is InChI=1S/C16H18BrNO/c1-10-4-5-13(9-18)15(6-10)19-14-7-11(2)16(17)12(3)8-14/h4-8H,9,18H2,1-3H3. The zero-order chi connectivity index (χ0) is 14.0. The zero-order valence-corrected chi connectivity index (χ0v) is 13.0. The van der Waals surface area contributed by atoms with Gasteiger partial charge in [-0.25, -0.2) is 0 Å². The third kappa shape index (κ3) is 3.17. The van der Waals surface area contributed by atoms with Gasteiger partial charge in [0, 0.05) is 16.6 Å². The van der Waals surface area contributed by atoms with E-state index in [0.717, 1.165) is 38.2 Å². The SMILES string of the molecule is Cc1ccc(CN)c(Oc2cc(C)c(Br)c(C)c2)c1. The van der Waals surface area contributed by atoms with Crippen LogP contribution in [0.1, 0.15) is 22.3 Å². The van der Waals surface area contributed by atoms with Crippen molar-refractivity contribution in [3.05, 3.63) is 57.1 Å². The molecule has 0 atom stereocenters. The van der Waals surface area contributed by atoms with Gasteiger partial charge in [-0.05, 0) is 55.7 Å². The molecule has 0 aromatic heterocycles. The summed E-state index contributed by atoms with van der Waals surface area (Å²) in [6.45, 7) is 6.64. The van der Waals surface area contributed by atoms with Crippen molar-refractivity contribution in [3.63, 3.8) is 0 Å². The number of hydrogen-bond acceptors (Lipinski definition) is 2. The first-order valence-electron chi connectivity index (χ1n) is 6.25. The minimum Gasteiger partial charge on any atom is -0.457 e. The predicted molar refractivity (Wildman–Crippen MR) is 82.8 cm³/mol. The third-order valence-electron chi connectivity index (χ3n) is 3.08. The Balaban J connectivity index is 2.38. The smallest absolute Gasteiger partial charge is 0.132 e. The lowest BCUT2D eigenvalue weighted by Crippen LogP contribution is -2.00. The molecule has 3 heteroatoms. The van der Waals surface area contributed by atoms with E-state index in [2.05, 4.69) is 29.8 Å². The summed E-state index contributed by atoms with van der Waals surface area (Å²) in [5.41, 5.74) is 10.3. The van der Waals surface area contributed by atoms with Gasteiger partial charge in [0.2, 0.25) is 0 Å². The summed E-state index contributed by atoms with van der Waals surface area (Å²) in [6, 6.07) is 10.1. The summed E-state index contributed by atoms with van der Waals surface area (Å²) >= 11 is 3.56. The Kier molecular flexibility index (Phi) is 4.27. The Morgan fingerprint density at radius 2 is 1.68 bits per heavy atom. The first kappa shape index (κ1) is 14.1. The van der Waals surface area contributed by atoms with Gasteiger partial charge in [0.25, 0.3) is 0 Å². The minimum absolute atomic E-state index is 0.476. The largest absolute Gasteiger partial charge is 0.457 e. The summed E-state index contributed by atoms with van der Waals surface area (Å²) in [5, 5.41) is 0. The average molecular weight is 320 g/mol. The second-order valence-electron chi connectivity index (χ2n) is 4.79. The second-order valence-corrected chi connectivity index (χ2v) is 5.58. The molecule has 19 heavy (non-hydrogen) atoms. The van der Waals surface area contributed by atoms with Gasteiger partial charge in [-0.15, -0.1) is 0 Å². The Labute approximate surface area is 122 Å². The van der Waals surface area contributed by atoms with E-state index in [4.69, 9.17) is 10.5 Å². The van der Waals surface area contributed by atoms with Crippen molar-refractivity contribution in [2.45, 2.75) is 27.3 Å². The molecular formula is C16H18BrNO. The molecule has 0 fully saturated rings. The maximum atomic E-state index is 6.00. The lowest BCUT2D eigenvalue weighted by Gasteiger charge is -2.13. The van der Waals surface area contributed by atoms with Crippen LogP contribution < -0.4 is 10.5 Å². The van der Waals surface area contributed by atoms with E-state index in [0.29, 0.717) is 6.54 Å². The Hall–Kier alpha value is -1.32. The summed E-state index contributed by atoms with van der Waals surface area (Å²) in [7, 11) is 0. The highest BCUT2D eigenvalue weighted by atomic mass is 79.9. The Morgan fingerprint density at radius 3 is 2.26 bits per heavy atom. The molecule has 2 nitrogen and oxygen atoms in total. The second kappa shape index (κ2) is 5.76. The maximum Gasteiger partial charge on any atom is 0.132 e. The van der Waals surface area contributed by atoms with Crippen LogP contribution in [0.5, 0.6) is 11.5 Å². The average Bonchev–Trinajstić information content (AvgIpc) is 2.36. The third-order valence-corrected chi connectivity index (χ3v) is 4.33. The highest BCUT2D eigenvalue weighted by molar-refractivity contribution is 9.10. The van der Waals surface area contributed by atoms with Crippen molar-refractivity contribution in [2.24, 2.45) is 5.73 Å². The lowest BCUT2D eigenvalue weighted by atomic mass is 10.1. The topological polar surface area (TPSA) is 35.2 Å². The summed E-state index contributed by atoms with van der Waals surface area (Å²) < 4.78 is 7.12. The first-order valence-corrected chi connectivity index (χ1v) is 7.04. The van der Waals surface area contributed by atoms with Gasteiger partial charge in [0.15, 0.2) is 0 Å². The number of aryl methyl sites for hydroxylation is 3. The molecule has 2 aromatic carbocycles. The molecule has 0 aliphatic carbocycles. The van der Waals surface area contributed by atoms with Gasteiger partial charge >= 0.3 is 0 Å². The molecule has 0 aliphatic rings. The van der Waals surface area contributed by atoms with E-state index in [9.17, 15) is 0 Å². The monoisotopic (exact) mass is 319 g/mol. The minimum atomic E-state index is 0.476. The van der Waals surface area contributed by atoms with Crippen molar-refractivity contribution >= 4 is 15.9 Å². The molecule has 2 aromatic rings. The normalized spacial score (nSPS) is 10.6. The Bertz CT molecular complexity index is 585. The van der Waals surface area contributed by atoms with Crippen molar-refractivity contribution in [1.82, 2.24) is 0 Å². The fourth-order valence-corrected chi connectivity index (χ4v) is 2.25. The van der Waals surface area contributed by atoms with Crippen LogP contribution in [0.2, 0.25) is 0 Å². The quantitative estimate of drug-likeness (QED) is 0.895. The van der Waals surface area contributed by atoms with Crippen LogP contribution in [0, 0.1) is 20.8 Å². The summed E-state index contributed by atoms with van der Waals surface area (Å²) in [6.07, 6.45) is 0. The molecule has 100 valence electrons. The molecule has 0 heterocycles. The Morgan fingerprint density at radius 1 is 1.05 bits per heavy atom. The number of benzene rings is 2. The van der Waals surface area contributed by atoms with E-state index in [1.165, 1.54) is 0 Å². The molecule has 0 bridgehead atoms. The van der Waals surface area contributed by atoms with E-state index < -0.39 is 0 Å². The van der Waals surface area contributed by atoms with Crippen LogP contribution in [0.4, 0.5) is 0 Å². The number of halogens is 1. The van der Waals surface area contributed by atoms with Crippen molar-refractivity contribution in [2.75, 3.05) is 0 Å². The molecule has 2 N–H and O–H groups in total. The van der Waals surface area contributed by atoms with Crippen LogP contribution in [-0.4, -0.2) is 0 Å². The molecule has 0 unspecified atom stereocenters. The van der Waals surface area contributed by atoms with E-state index in [-0.39, 0.29) is 0 Å². The molecular weight excluding hydrogens is 302 g/mol. The zero-order valence-electron chi connectivity index (χ0n) is 11.5. The highest BCUT2D eigenvalue weighted by Gasteiger charge is 2.07. The maximum absolute atomic E-state index is 6.00. The van der Waals surface area contributed by atoms with Gasteiger partial charge in [0.05, 0.1) is 0 Å². The van der Waals surface area contributed by atoms with Gasteiger partial charge in [0.1, 0.15) is 11.5 Å². The van der Waals surface area contributed by atoms with Gasteiger partial charge in [-0.1, -0.05) is 28.1 Å². The summed E-state index contributed by atoms with van der Waals surface area (Å²) in [5.74, 6) is 1.68. The number of rotatable bonds is 3. The van der Waals surface area contributed by atoms with E-state index >= 15 is 0 Å². The van der Waals surface area contributed by atoms with Crippen LogP contribution in [-0.2, 0) is 6.54 Å². The van der Waals surface area contributed by atoms with Crippen LogP contribution in [0.25, 0.3) is 0 Å². The summed E-state index contributed by atoms with van der Waals surface area (Å²) in [4.78, 5) is 0. The lowest BCUT2D eigenvalue weighted by molar-refractivity contribution is 0.475. The van der Waals surface area contributed by atoms with Gasteiger partial charge in [-0.2, -0.15) is 0 Å². The fourth-order valence-electron chi connectivity index (χ4n) is 2.02.